The molecule has 3 aromatic heterocycles. The van der Waals surface area contributed by atoms with E-state index in [0.717, 1.165) is 5.69 Å². The molecule has 0 amide bonds. The number of para-hydroxylation sites is 1. The highest BCUT2D eigenvalue weighted by molar-refractivity contribution is 6.04. The van der Waals surface area contributed by atoms with Crippen molar-refractivity contribution in [1.82, 2.24) is 25.0 Å². The summed E-state index contributed by atoms with van der Waals surface area (Å²) in [6, 6.07) is 9.33. The van der Waals surface area contributed by atoms with Crippen LogP contribution in [-0.2, 0) is 0 Å². The number of benzene rings is 1. The van der Waals surface area contributed by atoms with Crippen molar-refractivity contribution in [2.75, 3.05) is 5.73 Å². The molecule has 0 unspecified atom stereocenters. The van der Waals surface area contributed by atoms with Crippen molar-refractivity contribution in [2.45, 2.75) is 0 Å². The van der Waals surface area contributed by atoms with Gasteiger partial charge in [0.25, 0.3) is 11.1 Å². The first-order chi connectivity index (χ1) is 10.7. The van der Waals surface area contributed by atoms with Gasteiger partial charge >= 0.3 is 0 Å². The molecular weight excluding hydrogens is 284 g/mol. The SMILES string of the molecule is Nc1c2cnn(-c3ccccc3)c2nc2c(=O)[nH][nH]c(=O)c12. The van der Waals surface area contributed by atoms with E-state index in [1.54, 1.807) is 4.68 Å². The van der Waals surface area contributed by atoms with Crippen molar-refractivity contribution in [3.05, 3.63) is 57.2 Å². The van der Waals surface area contributed by atoms with Crippen molar-refractivity contribution in [3.63, 3.8) is 0 Å². The Balaban J connectivity index is 2.20. The summed E-state index contributed by atoms with van der Waals surface area (Å²) < 4.78 is 1.58. The molecule has 0 atom stereocenters. The van der Waals surface area contributed by atoms with Crippen molar-refractivity contribution in [2.24, 2.45) is 0 Å². The molecule has 0 spiro atoms. The van der Waals surface area contributed by atoms with Gasteiger partial charge in [-0.15, -0.1) is 0 Å². The normalized spacial score (nSPS) is 11.3. The molecule has 0 saturated carbocycles. The Bertz CT molecular complexity index is 1120. The standard InChI is InChI=1S/C14H10N6O2/c15-10-8-6-16-20(7-4-2-1-3-5-7)12(8)17-11-9(10)13(21)18-19-14(11)22/h1-6H,(H2,15,17)(H,18,21)(H,19,22). The average molecular weight is 294 g/mol. The fourth-order valence-corrected chi connectivity index (χ4v) is 2.45. The molecule has 0 radical (unpaired) electrons. The lowest BCUT2D eigenvalue weighted by atomic mass is 10.2. The number of aromatic nitrogens is 5. The minimum Gasteiger partial charge on any atom is -0.397 e. The van der Waals surface area contributed by atoms with E-state index in [1.807, 2.05) is 30.3 Å². The van der Waals surface area contributed by atoms with Crippen molar-refractivity contribution in [1.29, 1.82) is 0 Å². The van der Waals surface area contributed by atoms with Gasteiger partial charge in [-0.1, -0.05) is 18.2 Å². The van der Waals surface area contributed by atoms with Gasteiger partial charge in [0.1, 0.15) is 5.52 Å². The predicted octanol–water partition coefficient (Wildman–Crippen LogP) is 0.532. The minimum absolute atomic E-state index is 0.00793. The first-order valence-electron chi connectivity index (χ1n) is 6.50. The number of aromatic amines is 2. The Hall–Kier alpha value is -3.42. The molecule has 0 aliphatic heterocycles. The maximum absolute atomic E-state index is 11.9. The van der Waals surface area contributed by atoms with Crippen LogP contribution in [0, 0.1) is 0 Å². The van der Waals surface area contributed by atoms with Crippen LogP contribution in [0.15, 0.2) is 46.1 Å². The predicted molar refractivity (Wildman–Crippen MR) is 82.0 cm³/mol. The summed E-state index contributed by atoms with van der Waals surface area (Å²) in [4.78, 5) is 28.1. The molecule has 0 aliphatic carbocycles. The highest BCUT2D eigenvalue weighted by Crippen LogP contribution is 2.25. The van der Waals surface area contributed by atoms with E-state index < -0.39 is 11.1 Å². The molecule has 4 N–H and O–H groups in total. The van der Waals surface area contributed by atoms with Crippen LogP contribution in [0.25, 0.3) is 27.6 Å². The molecule has 8 nitrogen and oxygen atoms in total. The third-order valence-corrected chi connectivity index (χ3v) is 3.49. The molecule has 0 aliphatic rings. The van der Waals surface area contributed by atoms with Gasteiger partial charge in [0, 0.05) is 0 Å². The van der Waals surface area contributed by atoms with Gasteiger partial charge in [0.05, 0.1) is 28.3 Å². The molecule has 0 saturated heterocycles. The number of rotatable bonds is 1. The third kappa shape index (κ3) is 1.57. The molecule has 22 heavy (non-hydrogen) atoms. The molecule has 0 bridgehead atoms. The molecule has 1 aromatic carbocycles. The number of nitrogens with zero attached hydrogens (tertiary/aromatic N) is 3. The van der Waals surface area contributed by atoms with Gasteiger partial charge in [0.2, 0.25) is 0 Å². The van der Waals surface area contributed by atoms with Crippen LogP contribution in [0.3, 0.4) is 0 Å². The summed E-state index contributed by atoms with van der Waals surface area (Å²) in [7, 11) is 0. The second-order valence-electron chi connectivity index (χ2n) is 4.79. The summed E-state index contributed by atoms with van der Waals surface area (Å²) in [5.41, 5.74) is 6.44. The zero-order valence-electron chi connectivity index (χ0n) is 11.2. The highest BCUT2D eigenvalue weighted by Gasteiger charge is 2.16. The van der Waals surface area contributed by atoms with Gasteiger partial charge in [-0.3, -0.25) is 19.8 Å². The van der Waals surface area contributed by atoms with Crippen molar-refractivity contribution in [3.8, 4) is 5.69 Å². The Morgan fingerprint density at radius 1 is 1.05 bits per heavy atom. The number of hydrogen-bond acceptors (Lipinski definition) is 5. The number of nitrogens with one attached hydrogen (secondary N) is 2. The van der Waals surface area contributed by atoms with E-state index in [4.69, 9.17) is 5.73 Å². The maximum atomic E-state index is 11.9. The fourth-order valence-electron chi connectivity index (χ4n) is 2.45. The monoisotopic (exact) mass is 294 g/mol. The first-order valence-corrected chi connectivity index (χ1v) is 6.50. The number of nitrogen functional groups attached to an aromatic ring is 1. The zero-order chi connectivity index (χ0) is 15.3. The quantitative estimate of drug-likeness (QED) is 0.472. The molecule has 0 fully saturated rings. The molecule has 4 rings (SSSR count). The van der Waals surface area contributed by atoms with E-state index in [1.165, 1.54) is 6.20 Å². The highest BCUT2D eigenvalue weighted by atomic mass is 16.1. The first kappa shape index (κ1) is 12.3. The maximum Gasteiger partial charge on any atom is 0.289 e. The summed E-state index contributed by atoms with van der Waals surface area (Å²) in [5.74, 6) is 0. The van der Waals surface area contributed by atoms with E-state index in [0.29, 0.717) is 11.0 Å². The topological polar surface area (TPSA) is 122 Å². The van der Waals surface area contributed by atoms with E-state index >= 15 is 0 Å². The van der Waals surface area contributed by atoms with Gasteiger partial charge in [-0.2, -0.15) is 5.10 Å². The van der Waals surface area contributed by atoms with Crippen LogP contribution >= 0.6 is 0 Å². The average Bonchev–Trinajstić information content (AvgIpc) is 2.96. The minimum atomic E-state index is -0.510. The smallest absolute Gasteiger partial charge is 0.289 e. The summed E-state index contributed by atoms with van der Waals surface area (Å²) >= 11 is 0. The molecule has 108 valence electrons. The van der Waals surface area contributed by atoms with Gasteiger partial charge in [-0.25, -0.2) is 9.67 Å². The van der Waals surface area contributed by atoms with Gasteiger partial charge in [-0.05, 0) is 12.1 Å². The fraction of sp³-hybridized carbons (Fsp3) is 0. The second-order valence-corrected chi connectivity index (χ2v) is 4.79. The van der Waals surface area contributed by atoms with Crippen molar-refractivity contribution < 1.29 is 0 Å². The number of anilines is 1. The summed E-state index contributed by atoms with van der Waals surface area (Å²) in [5, 5.41) is 9.34. The third-order valence-electron chi connectivity index (χ3n) is 3.49. The van der Waals surface area contributed by atoms with Crippen LogP contribution < -0.4 is 16.9 Å². The Morgan fingerprint density at radius 2 is 1.77 bits per heavy atom. The van der Waals surface area contributed by atoms with E-state index in [-0.39, 0.29) is 16.6 Å². The van der Waals surface area contributed by atoms with E-state index in [9.17, 15) is 9.59 Å². The van der Waals surface area contributed by atoms with Gasteiger partial charge in [0.15, 0.2) is 5.65 Å². The second kappa shape index (κ2) is 4.29. The summed E-state index contributed by atoms with van der Waals surface area (Å²) in [6.45, 7) is 0. The van der Waals surface area contributed by atoms with Gasteiger partial charge < -0.3 is 5.73 Å². The number of H-pyrrole nitrogens is 2. The summed E-state index contributed by atoms with van der Waals surface area (Å²) in [6.07, 6.45) is 1.53. The Kier molecular flexibility index (Phi) is 2.40. The molecule has 4 aromatic rings. The largest absolute Gasteiger partial charge is 0.397 e. The molecule has 8 heteroatoms. The zero-order valence-corrected chi connectivity index (χ0v) is 11.2. The van der Waals surface area contributed by atoms with Crippen LogP contribution in [0.5, 0.6) is 0 Å². The number of nitrogens with two attached hydrogens (primary N) is 1. The van der Waals surface area contributed by atoms with Crippen LogP contribution in [0.1, 0.15) is 0 Å². The number of fused-ring (bicyclic) bond motifs is 2. The lowest BCUT2D eigenvalue weighted by molar-refractivity contribution is 0.897. The Labute approximate surface area is 122 Å². The lowest BCUT2D eigenvalue weighted by Gasteiger charge is -2.05. The van der Waals surface area contributed by atoms with Crippen LogP contribution in [-0.4, -0.2) is 25.0 Å². The Morgan fingerprint density at radius 3 is 2.55 bits per heavy atom. The number of pyridine rings is 1. The van der Waals surface area contributed by atoms with Crippen molar-refractivity contribution >= 4 is 27.6 Å². The molecule has 3 heterocycles. The van der Waals surface area contributed by atoms with Crippen LogP contribution in [0.2, 0.25) is 0 Å². The molecular formula is C14H10N6O2. The number of hydrogen-bond donors (Lipinski definition) is 3. The van der Waals surface area contributed by atoms with Crippen LogP contribution in [0.4, 0.5) is 5.69 Å². The van der Waals surface area contributed by atoms with E-state index in [2.05, 4.69) is 20.3 Å². The lowest BCUT2D eigenvalue weighted by Crippen LogP contribution is -2.21.